The Morgan fingerprint density at radius 1 is 1.13 bits per heavy atom. The Morgan fingerprint density at radius 2 is 1.77 bits per heavy atom. The molecule has 164 valence electrons. The number of carbonyl (C=O) groups is 3. The lowest BCUT2D eigenvalue weighted by atomic mass is 9.43. The van der Waals surface area contributed by atoms with E-state index in [-0.39, 0.29) is 41.6 Å². The zero-order valence-corrected chi connectivity index (χ0v) is 18.2. The number of carboxylic acid groups (broad SMARTS) is 1. The molecule has 0 amide bonds. The van der Waals surface area contributed by atoms with E-state index < -0.39 is 33.8 Å². The second-order valence-electron chi connectivity index (χ2n) is 10.6. The van der Waals surface area contributed by atoms with Gasteiger partial charge in [-0.25, -0.2) is 0 Å². The van der Waals surface area contributed by atoms with Crippen molar-refractivity contribution in [3.63, 3.8) is 0 Å². The summed E-state index contributed by atoms with van der Waals surface area (Å²) in [4.78, 5) is 37.7. The summed E-state index contributed by atoms with van der Waals surface area (Å²) >= 11 is 0. The van der Waals surface area contributed by atoms with Gasteiger partial charge >= 0.3 is 5.97 Å². The van der Waals surface area contributed by atoms with Crippen LogP contribution in [-0.4, -0.2) is 32.9 Å². The molecule has 0 aliphatic heterocycles. The van der Waals surface area contributed by atoms with Gasteiger partial charge in [0.15, 0.2) is 5.76 Å². The Bertz CT molecular complexity index is 899. The van der Waals surface area contributed by atoms with Crippen LogP contribution < -0.4 is 0 Å². The Hall–Kier alpha value is -2.11. The van der Waals surface area contributed by atoms with Crippen molar-refractivity contribution in [2.75, 3.05) is 0 Å². The number of aliphatic hydroxyl groups is 2. The van der Waals surface area contributed by atoms with E-state index in [1.54, 1.807) is 6.08 Å². The van der Waals surface area contributed by atoms with Crippen molar-refractivity contribution in [3.05, 3.63) is 23.2 Å². The Labute approximate surface area is 177 Å². The molecule has 0 bridgehead atoms. The first-order valence-electron chi connectivity index (χ1n) is 11.0. The monoisotopic (exact) mass is 416 g/mol. The Balaban J connectivity index is 1.78. The molecule has 0 radical (unpaired) electrons. The maximum Gasteiger partial charge on any atom is 0.304 e. The van der Waals surface area contributed by atoms with Crippen LogP contribution in [0.4, 0.5) is 0 Å². The standard InChI is InChI=1S/C24H32O6/c1-12-9-14-15-6-8-24(13(2)25,11-19(27)28)22(15,3)7-5-16(14)23(4)17(12)10-18(26)20(29)21(23)30/h10,12,14-16,26,29H,5-9,11H2,1-4H3,(H,27,28)/t12-,14-,15-,16-,22-,23+,24-/m0/s1. The second-order valence-corrected chi connectivity index (χ2v) is 10.6. The van der Waals surface area contributed by atoms with Crippen molar-refractivity contribution in [2.24, 2.45) is 39.9 Å². The van der Waals surface area contributed by atoms with Gasteiger partial charge in [0.05, 0.1) is 11.8 Å². The van der Waals surface area contributed by atoms with Crippen LogP contribution in [0.1, 0.15) is 66.2 Å². The third kappa shape index (κ3) is 2.39. The van der Waals surface area contributed by atoms with Gasteiger partial charge in [-0.1, -0.05) is 13.8 Å². The van der Waals surface area contributed by atoms with Gasteiger partial charge in [0, 0.05) is 5.41 Å². The number of carboxylic acids is 1. The molecule has 4 aliphatic carbocycles. The highest BCUT2D eigenvalue weighted by molar-refractivity contribution is 6.02. The summed E-state index contributed by atoms with van der Waals surface area (Å²) in [5.41, 5.74) is -1.25. The average molecular weight is 417 g/mol. The molecule has 4 rings (SSSR count). The number of carbonyl (C=O) groups excluding carboxylic acids is 2. The van der Waals surface area contributed by atoms with Crippen molar-refractivity contribution in [2.45, 2.75) is 66.2 Å². The lowest BCUT2D eigenvalue weighted by molar-refractivity contribution is -0.156. The molecular weight excluding hydrogens is 384 g/mol. The van der Waals surface area contributed by atoms with Crippen LogP contribution in [0.5, 0.6) is 0 Å². The van der Waals surface area contributed by atoms with Gasteiger partial charge in [0.25, 0.3) is 0 Å². The number of hydrogen-bond acceptors (Lipinski definition) is 5. The number of allylic oxidation sites excluding steroid dienone is 3. The minimum Gasteiger partial charge on any atom is -0.504 e. The molecule has 0 spiro atoms. The molecule has 0 aromatic carbocycles. The van der Waals surface area contributed by atoms with Crippen LogP contribution in [0, 0.1) is 39.9 Å². The number of ketones is 2. The summed E-state index contributed by atoms with van der Waals surface area (Å²) < 4.78 is 0. The van der Waals surface area contributed by atoms with Gasteiger partial charge < -0.3 is 15.3 Å². The second kappa shape index (κ2) is 6.44. The van der Waals surface area contributed by atoms with Gasteiger partial charge in [0.1, 0.15) is 5.78 Å². The van der Waals surface area contributed by atoms with Gasteiger partial charge in [-0.3, -0.25) is 14.4 Å². The number of Topliss-reactive ketones (excluding diaryl/α,β-unsaturated/α-hetero) is 2. The average Bonchev–Trinajstić information content (AvgIpc) is 2.96. The zero-order chi connectivity index (χ0) is 22.2. The van der Waals surface area contributed by atoms with Crippen LogP contribution in [-0.2, 0) is 14.4 Å². The van der Waals surface area contributed by atoms with Gasteiger partial charge in [-0.15, -0.1) is 0 Å². The van der Waals surface area contributed by atoms with Crippen molar-refractivity contribution in [1.82, 2.24) is 0 Å². The fourth-order valence-electron chi connectivity index (χ4n) is 8.15. The van der Waals surface area contributed by atoms with Gasteiger partial charge in [0.2, 0.25) is 11.5 Å². The fraction of sp³-hybridized carbons (Fsp3) is 0.708. The third-order valence-corrected chi connectivity index (χ3v) is 9.65. The van der Waals surface area contributed by atoms with Crippen molar-refractivity contribution < 1.29 is 29.7 Å². The lowest BCUT2D eigenvalue weighted by Crippen LogP contribution is -2.57. The predicted molar refractivity (Wildman–Crippen MR) is 110 cm³/mol. The number of fused-ring (bicyclic) bond motifs is 5. The third-order valence-electron chi connectivity index (χ3n) is 9.65. The molecule has 0 heterocycles. The molecule has 0 aromatic rings. The van der Waals surface area contributed by atoms with Crippen LogP contribution in [0.2, 0.25) is 0 Å². The number of hydrogen-bond donors (Lipinski definition) is 3. The number of aliphatic carboxylic acids is 1. The van der Waals surface area contributed by atoms with E-state index >= 15 is 0 Å². The SMILES string of the molecule is CC(=O)[C@@]1(CC(=O)O)CC[C@H]2[C@@H]3C[C@H](C)C4=CC(O)=C(O)C(=O)[C@]4(C)[C@H]3CC[C@@]21C. The molecule has 0 saturated heterocycles. The topological polar surface area (TPSA) is 112 Å². The molecule has 6 nitrogen and oxygen atoms in total. The van der Waals surface area contributed by atoms with E-state index in [0.717, 1.165) is 18.4 Å². The summed E-state index contributed by atoms with van der Waals surface area (Å²) in [6, 6.07) is 0. The summed E-state index contributed by atoms with van der Waals surface area (Å²) in [7, 11) is 0. The maximum atomic E-state index is 13.2. The van der Waals surface area contributed by atoms with Crippen LogP contribution in [0.15, 0.2) is 23.2 Å². The van der Waals surface area contributed by atoms with Crippen LogP contribution in [0.3, 0.4) is 0 Å². The molecule has 0 unspecified atom stereocenters. The Kier molecular flexibility index (Phi) is 4.54. The predicted octanol–water partition coefficient (Wildman–Crippen LogP) is 4.36. The molecular formula is C24H32O6. The minimum atomic E-state index is -0.934. The van der Waals surface area contributed by atoms with Crippen molar-refractivity contribution >= 4 is 17.5 Å². The molecule has 3 saturated carbocycles. The highest BCUT2D eigenvalue weighted by Crippen LogP contribution is 2.71. The highest BCUT2D eigenvalue weighted by atomic mass is 16.4. The van der Waals surface area contributed by atoms with Crippen molar-refractivity contribution in [3.8, 4) is 0 Å². The number of aliphatic hydroxyl groups excluding tert-OH is 2. The van der Waals surface area contributed by atoms with Crippen molar-refractivity contribution in [1.29, 1.82) is 0 Å². The molecule has 3 N–H and O–H groups in total. The fourth-order valence-corrected chi connectivity index (χ4v) is 8.15. The first-order chi connectivity index (χ1) is 13.9. The number of rotatable bonds is 3. The van der Waals surface area contributed by atoms with E-state index in [0.29, 0.717) is 19.3 Å². The molecule has 7 atom stereocenters. The van der Waals surface area contributed by atoms with Gasteiger partial charge in [-0.05, 0) is 86.7 Å². The van der Waals surface area contributed by atoms with E-state index in [1.807, 2.05) is 6.92 Å². The summed E-state index contributed by atoms with van der Waals surface area (Å²) in [6.07, 6.45) is 5.03. The summed E-state index contributed by atoms with van der Waals surface area (Å²) in [5, 5.41) is 29.9. The molecule has 3 fully saturated rings. The zero-order valence-electron chi connectivity index (χ0n) is 18.2. The lowest BCUT2D eigenvalue weighted by Gasteiger charge is -2.59. The van der Waals surface area contributed by atoms with E-state index in [2.05, 4.69) is 13.8 Å². The highest BCUT2D eigenvalue weighted by Gasteiger charge is 2.67. The molecule has 6 heteroatoms. The van der Waals surface area contributed by atoms with E-state index in [4.69, 9.17) is 0 Å². The molecule has 4 aliphatic rings. The van der Waals surface area contributed by atoms with E-state index in [1.165, 1.54) is 6.92 Å². The quantitative estimate of drug-likeness (QED) is 0.630. The van der Waals surface area contributed by atoms with E-state index in [9.17, 15) is 29.7 Å². The largest absolute Gasteiger partial charge is 0.504 e. The first kappa shape index (κ1) is 21.1. The van der Waals surface area contributed by atoms with Crippen LogP contribution >= 0.6 is 0 Å². The minimum absolute atomic E-state index is 0.00774. The Morgan fingerprint density at radius 3 is 2.37 bits per heavy atom. The summed E-state index contributed by atoms with van der Waals surface area (Å²) in [6.45, 7) is 7.57. The normalized spacial score (nSPS) is 45.3. The maximum absolute atomic E-state index is 13.2. The van der Waals surface area contributed by atoms with Crippen LogP contribution in [0.25, 0.3) is 0 Å². The molecule has 0 aromatic heterocycles. The first-order valence-corrected chi connectivity index (χ1v) is 11.0. The smallest absolute Gasteiger partial charge is 0.304 e. The van der Waals surface area contributed by atoms with Gasteiger partial charge in [-0.2, -0.15) is 0 Å². The summed E-state index contributed by atoms with van der Waals surface area (Å²) in [5.74, 6) is -1.89. The molecule has 30 heavy (non-hydrogen) atoms.